The average Bonchev–Trinajstić information content (AvgIpc) is 2.85. The summed E-state index contributed by atoms with van der Waals surface area (Å²) in [6, 6.07) is 6.39. The Labute approximate surface area is 133 Å². The van der Waals surface area contributed by atoms with Crippen LogP contribution in [0.3, 0.4) is 0 Å². The molecular weight excluding hydrogens is 334 g/mol. The van der Waals surface area contributed by atoms with Gasteiger partial charge in [0, 0.05) is 26.3 Å². The first-order valence-electron chi connectivity index (χ1n) is 6.78. The molecule has 2 rings (SSSR count). The molecule has 2 heterocycles. The molecule has 1 N–H and O–H groups in total. The van der Waals surface area contributed by atoms with Gasteiger partial charge in [0.1, 0.15) is 5.82 Å². The Morgan fingerprint density at radius 2 is 2.20 bits per heavy atom. The summed E-state index contributed by atoms with van der Waals surface area (Å²) >= 11 is 5.21. The number of hydrogen-bond acceptors (Lipinski definition) is 4. The van der Waals surface area contributed by atoms with Crippen LogP contribution in [-0.4, -0.2) is 18.6 Å². The molecule has 2 aromatic heterocycles. The zero-order chi connectivity index (χ0) is 14.4. The second-order valence-electron chi connectivity index (χ2n) is 4.82. The van der Waals surface area contributed by atoms with Crippen molar-refractivity contribution in [3.63, 3.8) is 0 Å². The van der Waals surface area contributed by atoms with Crippen molar-refractivity contribution in [2.45, 2.75) is 26.4 Å². The third-order valence-corrected chi connectivity index (χ3v) is 4.55. The van der Waals surface area contributed by atoms with Crippen molar-refractivity contribution in [2.24, 2.45) is 0 Å². The smallest absolute Gasteiger partial charge is 0.128 e. The van der Waals surface area contributed by atoms with Gasteiger partial charge in [0.15, 0.2) is 0 Å². The first-order valence-corrected chi connectivity index (χ1v) is 8.46. The highest BCUT2D eigenvalue weighted by atomic mass is 79.9. The van der Waals surface area contributed by atoms with Gasteiger partial charge in [0.05, 0.1) is 3.79 Å². The highest BCUT2D eigenvalue weighted by Gasteiger charge is 2.05. The number of halogens is 1. The van der Waals surface area contributed by atoms with E-state index < -0.39 is 0 Å². The van der Waals surface area contributed by atoms with Crippen LogP contribution in [0.2, 0.25) is 0 Å². The molecule has 0 aliphatic carbocycles. The average molecular weight is 354 g/mol. The van der Waals surface area contributed by atoms with Gasteiger partial charge < -0.3 is 10.2 Å². The Kier molecular flexibility index (Phi) is 6.01. The van der Waals surface area contributed by atoms with Gasteiger partial charge in [-0.2, -0.15) is 0 Å². The van der Waals surface area contributed by atoms with Gasteiger partial charge in [-0.05, 0) is 57.5 Å². The molecule has 2 aromatic rings. The molecule has 0 spiro atoms. The van der Waals surface area contributed by atoms with E-state index in [-0.39, 0.29) is 0 Å². The lowest BCUT2D eigenvalue weighted by Crippen LogP contribution is -2.18. The number of thiophene rings is 1. The van der Waals surface area contributed by atoms with Gasteiger partial charge in [-0.15, -0.1) is 11.3 Å². The number of anilines is 1. The first-order chi connectivity index (χ1) is 9.69. The third kappa shape index (κ3) is 4.58. The molecular formula is C15H20BrN3S. The van der Waals surface area contributed by atoms with Crippen molar-refractivity contribution in [3.8, 4) is 0 Å². The molecule has 0 saturated carbocycles. The lowest BCUT2D eigenvalue weighted by molar-refractivity contribution is 0.673. The van der Waals surface area contributed by atoms with Crippen molar-refractivity contribution in [3.05, 3.63) is 44.7 Å². The summed E-state index contributed by atoms with van der Waals surface area (Å²) in [5.74, 6) is 1.01. The zero-order valence-electron chi connectivity index (χ0n) is 11.9. The molecule has 5 heteroatoms. The summed E-state index contributed by atoms with van der Waals surface area (Å²) in [6.07, 6.45) is 3.11. The Morgan fingerprint density at radius 3 is 2.80 bits per heavy atom. The van der Waals surface area contributed by atoms with Crippen LogP contribution in [0.25, 0.3) is 0 Å². The van der Waals surface area contributed by atoms with E-state index >= 15 is 0 Å². The van der Waals surface area contributed by atoms with Crippen LogP contribution in [0.15, 0.2) is 33.6 Å². The molecule has 0 aliphatic rings. The lowest BCUT2D eigenvalue weighted by Gasteiger charge is -2.17. The van der Waals surface area contributed by atoms with E-state index in [4.69, 9.17) is 0 Å². The molecule has 0 amide bonds. The zero-order valence-corrected chi connectivity index (χ0v) is 14.3. The first kappa shape index (κ1) is 15.5. The quantitative estimate of drug-likeness (QED) is 0.761. The van der Waals surface area contributed by atoms with E-state index in [1.54, 1.807) is 11.3 Å². The minimum Gasteiger partial charge on any atom is -0.355 e. The van der Waals surface area contributed by atoms with E-state index in [0.717, 1.165) is 31.9 Å². The van der Waals surface area contributed by atoms with Gasteiger partial charge in [-0.3, -0.25) is 0 Å². The van der Waals surface area contributed by atoms with E-state index in [0.29, 0.717) is 0 Å². The number of aromatic nitrogens is 1. The number of pyridine rings is 1. The Balaban J connectivity index is 1.91. The van der Waals surface area contributed by atoms with Crippen molar-refractivity contribution in [1.82, 2.24) is 10.3 Å². The molecule has 0 atom stereocenters. The largest absolute Gasteiger partial charge is 0.355 e. The fraction of sp³-hybridized carbons (Fsp3) is 0.400. The van der Waals surface area contributed by atoms with Crippen LogP contribution in [-0.2, 0) is 13.1 Å². The number of rotatable bonds is 7. The predicted molar refractivity (Wildman–Crippen MR) is 90.4 cm³/mol. The van der Waals surface area contributed by atoms with Crippen LogP contribution in [0.4, 0.5) is 5.82 Å². The molecule has 0 fully saturated rings. The second kappa shape index (κ2) is 7.76. The Bertz CT molecular complexity index is 524. The predicted octanol–water partition coefficient (Wildman–Crippen LogP) is 4.04. The Hall–Kier alpha value is -0.910. The molecule has 0 bridgehead atoms. The van der Waals surface area contributed by atoms with Gasteiger partial charge >= 0.3 is 0 Å². The number of nitrogens with zero attached hydrogens (tertiary/aromatic N) is 2. The maximum absolute atomic E-state index is 4.54. The van der Waals surface area contributed by atoms with Crippen LogP contribution in [0.1, 0.15) is 24.5 Å². The monoisotopic (exact) mass is 353 g/mol. The topological polar surface area (TPSA) is 28.2 Å². The normalized spacial score (nSPS) is 10.8. The van der Waals surface area contributed by atoms with Crippen molar-refractivity contribution in [1.29, 1.82) is 0 Å². The maximum Gasteiger partial charge on any atom is 0.128 e. The van der Waals surface area contributed by atoms with E-state index in [1.165, 1.54) is 14.9 Å². The maximum atomic E-state index is 4.54. The molecule has 0 aliphatic heterocycles. The molecule has 3 nitrogen and oxygen atoms in total. The van der Waals surface area contributed by atoms with E-state index in [9.17, 15) is 0 Å². The third-order valence-electron chi connectivity index (χ3n) is 3.00. The second-order valence-corrected chi connectivity index (χ2v) is 7.11. The van der Waals surface area contributed by atoms with Crippen molar-refractivity contribution in [2.75, 3.05) is 18.5 Å². The highest BCUT2D eigenvalue weighted by molar-refractivity contribution is 9.11. The van der Waals surface area contributed by atoms with Crippen LogP contribution >= 0.6 is 27.3 Å². The molecule has 108 valence electrons. The summed E-state index contributed by atoms with van der Waals surface area (Å²) in [5, 5.41) is 5.56. The Morgan fingerprint density at radius 1 is 1.35 bits per heavy atom. The number of hydrogen-bond donors (Lipinski definition) is 1. The SMILES string of the molecule is CCCNCc1ccc(N(C)Cc2csc(Br)c2)nc1. The van der Waals surface area contributed by atoms with Gasteiger partial charge in [0.25, 0.3) is 0 Å². The summed E-state index contributed by atoms with van der Waals surface area (Å²) in [7, 11) is 2.07. The standard InChI is InChI=1S/C15H20BrN3S/c1-3-6-17-8-12-4-5-15(18-9-12)19(2)10-13-7-14(16)20-11-13/h4-5,7,9,11,17H,3,6,8,10H2,1-2H3. The fourth-order valence-electron chi connectivity index (χ4n) is 1.94. The van der Waals surface area contributed by atoms with Crippen LogP contribution < -0.4 is 10.2 Å². The number of nitrogens with one attached hydrogen (secondary N) is 1. The van der Waals surface area contributed by atoms with E-state index in [2.05, 4.69) is 68.7 Å². The van der Waals surface area contributed by atoms with Crippen molar-refractivity contribution >= 4 is 33.1 Å². The highest BCUT2D eigenvalue weighted by Crippen LogP contribution is 2.22. The molecule has 0 radical (unpaired) electrons. The lowest BCUT2D eigenvalue weighted by atomic mass is 10.2. The van der Waals surface area contributed by atoms with Gasteiger partial charge in [0.2, 0.25) is 0 Å². The summed E-state index contributed by atoms with van der Waals surface area (Å²) in [4.78, 5) is 6.70. The fourth-order valence-corrected chi connectivity index (χ4v) is 3.14. The van der Waals surface area contributed by atoms with E-state index in [1.807, 2.05) is 6.20 Å². The van der Waals surface area contributed by atoms with Crippen LogP contribution in [0, 0.1) is 0 Å². The molecule has 0 saturated heterocycles. The van der Waals surface area contributed by atoms with Gasteiger partial charge in [-0.1, -0.05) is 13.0 Å². The molecule has 0 aromatic carbocycles. The minimum absolute atomic E-state index is 0.878. The molecule has 0 unspecified atom stereocenters. The molecule has 20 heavy (non-hydrogen) atoms. The minimum atomic E-state index is 0.878. The van der Waals surface area contributed by atoms with Crippen molar-refractivity contribution < 1.29 is 0 Å². The van der Waals surface area contributed by atoms with Gasteiger partial charge in [-0.25, -0.2) is 4.98 Å². The summed E-state index contributed by atoms with van der Waals surface area (Å²) in [6.45, 7) is 4.99. The summed E-state index contributed by atoms with van der Waals surface area (Å²) < 4.78 is 1.17. The van der Waals surface area contributed by atoms with Crippen LogP contribution in [0.5, 0.6) is 0 Å². The summed E-state index contributed by atoms with van der Waals surface area (Å²) in [5.41, 5.74) is 2.54.